The summed E-state index contributed by atoms with van der Waals surface area (Å²) >= 11 is 0. The zero-order chi connectivity index (χ0) is 46.0. The minimum Gasteiger partial charge on any atom is -0.491 e. The zero-order valence-corrected chi connectivity index (χ0v) is 32.3. The molecule has 0 bridgehead atoms. The van der Waals surface area contributed by atoms with Gasteiger partial charge in [-0.1, -0.05) is 30.3 Å². The minimum absolute atomic E-state index is 0.266. The van der Waals surface area contributed by atoms with E-state index in [-0.39, 0.29) is 28.4 Å². The first-order valence-electron chi connectivity index (χ1n) is 17.4. The normalized spacial score (nSPS) is 11.5. The summed E-state index contributed by atoms with van der Waals surface area (Å²) in [5.74, 6) is -57.2. The van der Waals surface area contributed by atoms with E-state index < -0.39 is 144 Å². The summed E-state index contributed by atoms with van der Waals surface area (Å²) in [6.45, 7) is 8.06. The molecule has 5 aromatic carbocycles. The second kappa shape index (κ2) is 18.9. The number of methoxy groups -OCH3 is 4. The van der Waals surface area contributed by atoms with Crippen molar-refractivity contribution >= 4 is 28.0 Å². The molecule has 0 heterocycles. The predicted octanol–water partition coefficient (Wildman–Crippen LogP) is 6.44. The van der Waals surface area contributed by atoms with E-state index in [2.05, 4.69) is 63.1 Å². The van der Waals surface area contributed by atoms with Crippen molar-refractivity contribution in [2.24, 2.45) is 0 Å². The molecule has 5 aromatic rings. The highest BCUT2D eigenvalue weighted by atomic mass is 19.2. The van der Waals surface area contributed by atoms with Crippen LogP contribution in [-0.2, 0) is 6.54 Å². The topological polar surface area (TPSA) is 41.4 Å². The van der Waals surface area contributed by atoms with Gasteiger partial charge in [0, 0.05) is 5.56 Å². The summed E-state index contributed by atoms with van der Waals surface area (Å²) < 4.78 is 266. The highest BCUT2D eigenvalue weighted by molar-refractivity contribution is 7.20. The second-order valence-electron chi connectivity index (χ2n) is 12.8. The van der Waals surface area contributed by atoms with Crippen molar-refractivity contribution in [2.75, 3.05) is 41.5 Å². The van der Waals surface area contributed by atoms with Crippen molar-refractivity contribution in [1.82, 2.24) is 0 Å². The van der Waals surface area contributed by atoms with Crippen LogP contribution < -0.4 is 45.7 Å². The van der Waals surface area contributed by atoms with Crippen LogP contribution in [0.2, 0.25) is 0 Å². The predicted molar refractivity (Wildman–Crippen MR) is 188 cm³/mol. The van der Waals surface area contributed by atoms with E-state index in [0.717, 1.165) is 6.54 Å². The molecule has 0 fully saturated rings. The Balaban J connectivity index is 0.000000586. The molecule has 0 atom stereocenters. The van der Waals surface area contributed by atoms with Gasteiger partial charge in [0.2, 0.25) is 23.3 Å². The van der Waals surface area contributed by atoms with Gasteiger partial charge in [0.05, 0.1) is 41.5 Å². The number of hydrogen-bond acceptors (Lipinski definition) is 4. The van der Waals surface area contributed by atoms with Crippen LogP contribution >= 0.6 is 0 Å². The Morgan fingerprint density at radius 2 is 0.607 bits per heavy atom. The van der Waals surface area contributed by atoms with Crippen LogP contribution in [0.25, 0.3) is 0 Å². The standard InChI is InChI=1S/C28H12BF16O4.C11H17N/c1-46-25-13(34)5(9(30)17(38)21(25)42)29(6-10(31)18(39)22(43)26(47-2)14(6)35,7-11(32)19(40)23(44)27(48-3)15(7)36)8-12(33)20(41)24(45)28(49-4)16(8)37;1-3-12(4-2)10-11-8-6-5-7-9-11/h1-4H3;5-9H,3-4,10H2,1-2H3/q-1;/p+1. The van der Waals surface area contributed by atoms with Gasteiger partial charge >= 0.3 is 0 Å². The quantitative estimate of drug-likeness (QED) is 0.0679. The molecule has 22 heteroatoms. The van der Waals surface area contributed by atoms with Crippen LogP contribution in [0.15, 0.2) is 30.3 Å². The molecule has 1 N–H and O–H groups in total. The molecule has 0 unspecified atom stereocenters. The second-order valence-corrected chi connectivity index (χ2v) is 12.8. The van der Waals surface area contributed by atoms with Gasteiger partial charge in [-0.25, -0.2) is 52.7 Å². The molecule has 0 radical (unpaired) electrons. The van der Waals surface area contributed by atoms with Crippen molar-refractivity contribution in [3.8, 4) is 23.0 Å². The van der Waals surface area contributed by atoms with Crippen LogP contribution in [-0.4, -0.2) is 47.7 Å². The monoisotopic (exact) mass is 891 g/mol. The van der Waals surface area contributed by atoms with Gasteiger partial charge in [0.15, 0.2) is 46.3 Å². The molecular weight excluding hydrogens is 861 g/mol. The number of quaternary nitrogens is 1. The van der Waals surface area contributed by atoms with E-state index >= 15 is 52.7 Å². The lowest BCUT2D eigenvalue weighted by Gasteiger charge is -2.45. The van der Waals surface area contributed by atoms with E-state index in [0.29, 0.717) is 0 Å². The van der Waals surface area contributed by atoms with Gasteiger partial charge in [-0.3, -0.25) is 0 Å². The lowest BCUT2D eigenvalue weighted by Crippen LogP contribution is -3.10. The fourth-order valence-electron chi connectivity index (χ4n) is 7.01. The molecule has 0 aliphatic rings. The van der Waals surface area contributed by atoms with Gasteiger partial charge in [-0.05, 0) is 13.8 Å². The average Bonchev–Trinajstić information content (AvgIpc) is 3.24. The van der Waals surface area contributed by atoms with Gasteiger partial charge in [-0.15, -0.1) is 21.9 Å². The lowest BCUT2D eigenvalue weighted by atomic mass is 9.12. The molecule has 0 aliphatic carbocycles. The van der Waals surface area contributed by atoms with E-state index in [9.17, 15) is 17.6 Å². The first-order chi connectivity index (χ1) is 28.7. The molecule has 0 saturated heterocycles. The number of rotatable bonds is 12. The largest absolute Gasteiger partial charge is 0.491 e. The van der Waals surface area contributed by atoms with Gasteiger partial charge in [0.25, 0.3) is 0 Å². The summed E-state index contributed by atoms with van der Waals surface area (Å²) in [5.41, 5.74) is -10.4. The van der Waals surface area contributed by atoms with Crippen LogP contribution in [0.5, 0.6) is 23.0 Å². The van der Waals surface area contributed by atoms with Gasteiger partial charge in [-0.2, -0.15) is 17.6 Å². The smallest absolute Gasteiger partial charge is 0.206 e. The molecule has 5 rings (SSSR count). The van der Waals surface area contributed by atoms with Crippen LogP contribution in [0.4, 0.5) is 70.2 Å². The molecular formula is C39H30BF16NO4. The summed E-state index contributed by atoms with van der Waals surface area (Å²) in [6, 6.07) is 10.7. The average molecular weight is 891 g/mol. The van der Waals surface area contributed by atoms with E-state index in [4.69, 9.17) is 0 Å². The minimum atomic E-state index is -6.61. The molecule has 61 heavy (non-hydrogen) atoms. The van der Waals surface area contributed by atoms with Crippen LogP contribution in [0.3, 0.4) is 0 Å². The van der Waals surface area contributed by atoms with Crippen LogP contribution in [0.1, 0.15) is 19.4 Å². The summed E-state index contributed by atoms with van der Waals surface area (Å²) in [6.07, 6.45) is -6.61. The SMILES string of the molecule is CC[NH+](CC)Cc1ccccc1.COc1c(F)c(F)c(F)c([B-](c2c(F)c(F)c(F)c(OC)c2F)(c2c(F)c(F)c(F)c(OC)c2F)c2c(F)c(F)c(F)c(OC)c2F)c1F. The highest BCUT2D eigenvalue weighted by Gasteiger charge is 2.52. The Morgan fingerprint density at radius 1 is 0.361 bits per heavy atom. The number of benzene rings is 5. The van der Waals surface area contributed by atoms with E-state index in [1.807, 2.05) is 0 Å². The Bertz CT molecular complexity index is 2180. The third-order valence-electron chi connectivity index (χ3n) is 9.87. The van der Waals surface area contributed by atoms with Crippen molar-refractivity contribution < 1.29 is 94.1 Å². The first kappa shape index (κ1) is 47.9. The summed E-state index contributed by atoms with van der Waals surface area (Å²) in [4.78, 5) is 1.64. The molecule has 330 valence electrons. The maximum Gasteiger partial charge on any atom is 0.206 e. The lowest BCUT2D eigenvalue weighted by molar-refractivity contribution is -0.910. The maximum absolute atomic E-state index is 16.3. The fourth-order valence-corrected chi connectivity index (χ4v) is 7.01. The van der Waals surface area contributed by atoms with Crippen molar-refractivity contribution in [2.45, 2.75) is 20.4 Å². The molecule has 0 aliphatic heterocycles. The fraction of sp³-hybridized carbons (Fsp3) is 0.231. The van der Waals surface area contributed by atoms with Crippen LogP contribution in [0, 0.1) is 93.1 Å². The molecule has 0 spiro atoms. The van der Waals surface area contributed by atoms with Crippen molar-refractivity contribution in [3.05, 3.63) is 129 Å². The Kier molecular flexibility index (Phi) is 14.8. The molecule has 5 nitrogen and oxygen atoms in total. The van der Waals surface area contributed by atoms with E-state index in [1.54, 1.807) is 4.90 Å². The molecule has 0 amide bonds. The third kappa shape index (κ3) is 7.73. The first-order valence-corrected chi connectivity index (χ1v) is 17.4. The Hall–Kier alpha value is -5.80. The number of hydrogen-bond donors (Lipinski definition) is 1. The maximum atomic E-state index is 16.3. The number of ether oxygens (including phenoxy) is 4. The zero-order valence-electron chi connectivity index (χ0n) is 32.3. The molecule has 0 aromatic heterocycles. The Labute approximate surface area is 335 Å². The number of halogens is 16. The Morgan fingerprint density at radius 3 is 0.820 bits per heavy atom. The summed E-state index contributed by atoms with van der Waals surface area (Å²) in [7, 11) is 1.07. The van der Waals surface area contributed by atoms with Gasteiger partial charge in [0.1, 0.15) is 59.2 Å². The van der Waals surface area contributed by atoms with Crippen molar-refractivity contribution in [1.29, 1.82) is 0 Å². The highest BCUT2D eigenvalue weighted by Crippen LogP contribution is 2.36. The number of nitrogens with one attached hydrogen (secondary N) is 1. The van der Waals surface area contributed by atoms with E-state index in [1.165, 1.54) is 18.7 Å². The summed E-state index contributed by atoms with van der Waals surface area (Å²) in [5, 5.41) is 0. The van der Waals surface area contributed by atoms with Gasteiger partial charge < -0.3 is 23.8 Å². The van der Waals surface area contributed by atoms with Crippen molar-refractivity contribution in [3.63, 3.8) is 0 Å². The third-order valence-corrected chi connectivity index (χ3v) is 9.87. The molecule has 0 saturated carbocycles.